The lowest BCUT2D eigenvalue weighted by molar-refractivity contribution is -0.0305. The predicted molar refractivity (Wildman–Crippen MR) is 65.4 cm³/mol. The molecule has 0 aromatic carbocycles. The molecule has 2 fully saturated rings. The number of carbonyl (C=O) groups excluding carboxylic acids is 1. The fraction of sp³-hybridized carbons (Fsp3) is 0.583. The van der Waals surface area contributed by atoms with E-state index in [4.69, 9.17) is 4.74 Å². The number of carbonyl (C=O) groups is 1. The zero-order chi connectivity index (χ0) is 12.5. The van der Waals surface area contributed by atoms with E-state index >= 15 is 0 Å². The molecule has 0 saturated carbocycles. The van der Waals surface area contributed by atoms with Crippen LogP contribution in [0.5, 0.6) is 0 Å². The Labute approximate surface area is 105 Å². The van der Waals surface area contributed by atoms with Crippen LogP contribution in [0.15, 0.2) is 12.4 Å². The van der Waals surface area contributed by atoms with Gasteiger partial charge in [0.2, 0.25) is 0 Å². The average molecular weight is 248 g/mol. The van der Waals surface area contributed by atoms with E-state index in [1.807, 2.05) is 4.90 Å². The second-order valence-electron chi connectivity index (χ2n) is 4.71. The summed E-state index contributed by atoms with van der Waals surface area (Å²) in [5.74, 6) is 0.553. The number of fused-ring (bicyclic) bond motifs is 2. The lowest BCUT2D eigenvalue weighted by Gasteiger charge is -2.31. The van der Waals surface area contributed by atoms with E-state index < -0.39 is 0 Å². The first-order valence-corrected chi connectivity index (χ1v) is 6.21. The van der Waals surface area contributed by atoms with Crippen molar-refractivity contribution >= 4 is 11.7 Å². The van der Waals surface area contributed by atoms with Crippen molar-refractivity contribution in [1.29, 1.82) is 0 Å². The molecule has 3 rings (SSSR count). The van der Waals surface area contributed by atoms with Gasteiger partial charge in [0, 0.05) is 20.1 Å². The Kier molecular flexibility index (Phi) is 2.87. The third-order valence-corrected chi connectivity index (χ3v) is 3.44. The topological polar surface area (TPSA) is 67.4 Å². The summed E-state index contributed by atoms with van der Waals surface area (Å²) in [6.07, 6.45) is 5.62. The van der Waals surface area contributed by atoms with Crippen LogP contribution in [0, 0.1) is 0 Å². The number of nitrogens with zero attached hydrogens (tertiary/aromatic N) is 3. The third kappa shape index (κ3) is 2.03. The van der Waals surface area contributed by atoms with E-state index in [-0.39, 0.29) is 18.1 Å². The summed E-state index contributed by atoms with van der Waals surface area (Å²) in [4.78, 5) is 22.4. The summed E-state index contributed by atoms with van der Waals surface area (Å²) in [7, 11) is 1.76. The van der Waals surface area contributed by atoms with E-state index in [1.165, 1.54) is 6.20 Å². The molecule has 18 heavy (non-hydrogen) atoms. The number of anilines is 1. The minimum atomic E-state index is -0.0557. The van der Waals surface area contributed by atoms with Crippen molar-refractivity contribution in [1.82, 2.24) is 14.9 Å². The van der Waals surface area contributed by atoms with Crippen molar-refractivity contribution in [2.45, 2.75) is 25.0 Å². The number of nitrogens with one attached hydrogen (secondary N) is 1. The number of hydrogen-bond donors (Lipinski definition) is 1. The molecule has 0 radical (unpaired) electrons. The van der Waals surface area contributed by atoms with Gasteiger partial charge in [-0.2, -0.15) is 0 Å². The molecule has 96 valence electrons. The average Bonchev–Trinajstić information content (AvgIpc) is 2.76. The second-order valence-corrected chi connectivity index (χ2v) is 4.71. The van der Waals surface area contributed by atoms with Crippen LogP contribution in [0.1, 0.15) is 23.3 Å². The standard InChI is InChI=1S/C12H16N4O2/c1-13-11-5-14-4-10(15-11)12(17)16-6-8-2-3-9(7-16)18-8/h4-5,8-9H,2-3,6-7H2,1H3,(H,13,15). The maximum absolute atomic E-state index is 12.3. The molecule has 1 aromatic heterocycles. The molecular formula is C12H16N4O2. The molecule has 6 heteroatoms. The summed E-state index contributed by atoms with van der Waals surface area (Å²) in [5, 5.41) is 2.89. The van der Waals surface area contributed by atoms with Gasteiger partial charge in [0.1, 0.15) is 11.5 Å². The Morgan fingerprint density at radius 3 is 2.78 bits per heavy atom. The molecule has 0 aliphatic carbocycles. The number of hydrogen-bond acceptors (Lipinski definition) is 5. The highest BCUT2D eigenvalue weighted by molar-refractivity contribution is 5.92. The molecule has 2 aliphatic rings. The third-order valence-electron chi connectivity index (χ3n) is 3.44. The largest absolute Gasteiger partial charge is 0.372 e. The fourth-order valence-electron chi connectivity index (χ4n) is 2.53. The summed E-state index contributed by atoms with van der Waals surface area (Å²) in [6.45, 7) is 1.33. The van der Waals surface area contributed by atoms with Gasteiger partial charge in [0.25, 0.3) is 5.91 Å². The Morgan fingerprint density at radius 1 is 1.39 bits per heavy atom. The molecule has 2 atom stereocenters. The van der Waals surface area contributed by atoms with Gasteiger partial charge in [-0.25, -0.2) is 4.98 Å². The zero-order valence-corrected chi connectivity index (χ0v) is 10.3. The van der Waals surface area contributed by atoms with Gasteiger partial charge >= 0.3 is 0 Å². The van der Waals surface area contributed by atoms with Crippen LogP contribution in [0.4, 0.5) is 5.82 Å². The molecule has 6 nitrogen and oxygen atoms in total. The minimum Gasteiger partial charge on any atom is -0.372 e. The maximum Gasteiger partial charge on any atom is 0.274 e. The van der Waals surface area contributed by atoms with Crippen LogP contribution < -0.4 is 5.32 Å². The normalized spacial score (nSPS) is 26.2. The summed E-state index contributed by atoms with van der Waals surface area (Å²) in [5.41, 5.74) is 0.392. The Hall–Kier alpha value is -1.69. The molecular weight excluding hydrogens is 232 g/mol. The quantitative estimate of drug-likeness (QED) is 0.826. The molecule has 1 N–H and O–H groups in total. The molecule has 2 bridgehead atoms. The SMILES string of the molecule is CNc1cncc(C(=O)N2CC3CCC(C2)O3)n1. The van der Waals surface area contributed by atoms with Gasteiger partial charge in [-0.3, -0.25) is 9.78 Å². The lowest BCUT2D eigenvalue weighted by Crippen LogP contribution is -2.46. The van der Waals surface area contributed by atoms with E-state index in [1.54, 1.807) is 13.2 Å². The van der Waals surface area contributed by atoms with Crippen LogP contribution in [0.2, 0.25) is 0 Å². The predicted octanol–water partition coefficient (Wildman–Crippen LogP) is 0.522. The molecule has 2 unspecified atom stereocenters. The van der Waals surface area contributed by atoms with Crippen molar-refractivity contribution in [3.05, 3.63) is 18.1 Å². The first kappa shape index (κ1) is 11.4. The van der Waals surface area contributed by atoms with E-state index in [2.05, 4.69) is 15.3 Å². The van der Waals surface area contributed by atoms with Gasteiger partial charge in [-0.1, -0.05) is 0 Å². The molecule has 3 heterocycles. The van der Waals surface area contributed by atoms with Crippen LogP contribution in [0.3, 0.4) is 0 Å². The van der Waals surface area contributed by atoms with Gasteiger partial charge in [0.15, 0.2) is 0 Å². The molecule has 2 saturated heterocycles. The summed E-state index contributed by atoms with van der Waals surface area (Å²) < 4.78 is 5.72. The maximum atomic E-state index is 12.3. The first-order chi connectivity index (χ1) is 8.76. The van der Waals surface area contributed by atoms with Crippen molar-refractivity contribution in [3.8, 4) is 0 Å². The van der Waals surface area contributed by atoms with Crippen molar-refractivity contribution in [2.75, 3.05) is 25.5 Å². The van der Waals surface area contributed by atoms with E-state index in [9.17, 15) is 4.79 Å². The van der Waals surface area contributed by atoms with Gasteiger partial charge in [-0.15, -0.1) is 0 Å². The minimum absolute atomic E-state index is 0.0557. The number of rotatable bonds is 2. The lowest BCUT2D eigenvalue weighted by atomic mass is 10.2. The smallest absolute Gasteiger partial charge is 0.274 e. The van der Waals surface area contributed by atoms with Crippen molar-refractivity contribution < 1.29 is 9.53 Å². The molecule has 2 aliphatic heterocycles. The highest BCUT2D eigenvalue weighted by Gasteiger charge is 2.36. The van der Waals surface area contributed by atoms with Crippen molar-refractivity contribution in [2.24, 2.45) is 0 Å². The van der Waals surface area contributed by atoms with Crippen LogP contribution in [0.25, 0.3) is 0 Å². The number of morpholine rings is 1. The number of likely N-dealkylation sites (tertiary alicyclic amines) is 1. The first-order valence-electron chi connectivity index (χ1n) is 6.21. The monoisotopic (exact) mass is 248 g/mol. The number of ether oxygens (including phenoxy) is 1. The zero-order valence-electron chi connectivity index (χ0n) is 10.3. The van der Waals surface area contributed by atoms with Crippen molar-refractivity contribution in [3.63, 3.8) is 0 Å². The van der Waals surface area contributed by atoms with Crippen LogP contribution in [-0.4, -0.2) is 53.1 Å². The number of aromatic nitrogens is 2. The van der Waals surface area contributed by atoms with Crippen LogP contribution >= 0.6 is 0 Å². The molecule has 1 aromatic rings. The van der Waals surface area contributed by atoms with Crippen LogP contribution in [-0.2, 0) is 4.74 Å². The summed E-state index contributed by atoms with van der Waals surface area (Å²) in [6, 6.07) is 0. The second kappa shape index (κ2) is 4.53. The highest BCUT2D eigenvalue weighted by atomic mass is 16.5. The molecule has 0 spiro atoms. The Morgan fingerprint density at radius 2 is 2.11 bits per heavy atom. The Balaban J connectivity index is 1.77. The summed E-state index contributed by atoms with van der Waals surface area (Å²) >= 11 is 0. The van der Waals surface area contributed by atoms with Gasteiger partial charge in [-0.05, 0) is 12.8 Å². The molecule has 1 amide bonds. The van der Waals surface area contributed by atoms with Gasteiger partial charge < -0.3 is 15.0 Å². The van der Waals surface area contributed by atoms with Gasteiger partial charge in [0.05, 0.1) is 24.6 Å². The number of amides is 1. The van der Waals surface area contributed by atoms with E-state index in [0.717, 1.165) is 12.8 Å². The highest BCUT2D eigenvalue weighted by Crippen LogP contribution is 2.26. The Bertz CT molecular complexity index is 453. The fourth-order valence-corrected chi connectivity index (χ4v) is 2.53. The van der Waals surface area contributed by atoms with E-state index in [0.29, 0.717) is 24.6 Å².